The average Bonchev–Trinajstić information content (AvgIpc) is 2.40. The van der Waals surface area contributed by atoms with Gasteiger partial charge < -0.3 is 5.32 Å². The molecule has 88 valence electrons. The molecule has 0 radical (unpaired) electrons. The number of aromatic nitrogens is 1. The van der Waals surface area contributed by atoms with E-state index in [-0.39, 0.29) is 0 Å². The maximum absolute atomic E-state index is 6.27. The van der Waals surface area contributed by atoms with Crippen molar-refractivity contribution in [1.82, 2.24) is 4.98 Å². The van der Waals surface area contributed by atoms with Crippen molar-refractivity contribution in [3.63, 3.8) is 0 Å². The highest BCUT2D eigenvalue weighted by atomic mass is 35.5. The molecule has 0 atom stereocenters. The van der Waals surface area contributed by atoms with Gasteiger partial charge >= 0.3 is 0 Å². The molecule has 0 unspecified atom stereocenters. The van der Waals surface area contributed by atoms with Crippen LogP contribution in [0.3, 0.4) is 0 Å². The molecule has 0 saturated heterocycles. The van der Waals surface area contributed by atoms with Gasteiger partial charge in [-0.05, 0) is 29.7 Å². The van der Waals surface area contributed by atoms with Crippen molar-refractivity contribution < 1.29 is 0 Å². The van der Waals surface area contributed by atoms with Crippen LogP contribution in [-0.4, -0.2) is 4.98 Å². The second-order valence-electron chi connectivity index (χ2n) is 3.98. The van der Waals surface area contributed by atoms with Gasteiger partial charge in [0.05, 0.1) is 5.02 Å². The maximum Gasteiger partial charge on any atom is 0.130 e. The van der Waals surface area contributed by atoms with E-state index in [9.17, 15) is 0 Å². The van der Waals surface area contributed by atoms with E-state index >= 15 is 0 Å². The van der Waals surface area contributed by atoms with E-state index in [4.69, 9.17) is 11.6 Å². The minimum atomic E-state index is 0.742. The molecule has 0 spiro atoms. The lowest BCUT2D eigenvalue weighted by Crippen LogP contribution is -1.93. The number of hydrogen-bond donors (Lipinski definition) is 1. The zero-order chi connectivity index (χ0) is 12.4. The maximum atomic E-state index is 6.27. The number of nitrogens with one attached hydrogen (secondary N) is 1. The molecule has 0 aliphatic heterocycles. The molecule has 18 heavy (non-hydrogen) atoms. The Morgan fingerprint density at radius 3 is 2.50 bits per heavy atom. The number of hydrogen-bond acceptors (Lipinski definition) is 2. The molecule has 1 aromatic heterocycles. The molecular weight excluding hydrogens is 244 g/mol. The van der Waals surface area contributed by atoms with Gasteiger partial charge in [-0.1, -0.05) is 41.9 Å². The van der Waals surface area contributed by atoms with Gasteiger partial charge in [0.15, 0.2) is 0 Å². The van der Waals surface area contributed by atoms with Gasteiger partial charge in [0.2, 0.25) is 0 Å². The van der Waals surface area contributed by atoms with Crippen LogP contribution in [0.1, 0.15) is 0 Å². The van der Waals surface area contributed by atoms with Crippen LogP contribution in [0.2, 0.25) is 5.02 Å². The Kier molecular flexibility index (Phi) is 2.87. The van der Waals surface area contributed by atoms with Crippen molar-refractivity contribution in [2.75, 3.05) is 5.32 Å². The summed E-state index contributed by atoms with van der Waals surface area (Å²) in [5.41, 5.74) is 0.969. The Labute approximate surface area is 110 Å². The summed E-state index contributed by atoms with van der Waals surface area (Å²) in [7, 11) is 0. The summed E-state index contributed by atoms with van der Waals surface area (Å²) in [5.74, 6) is 0.810. The van der Waals surface area contributed by atoms with Crippen LogP contribution in [0, 0.1) is 0 Å². The van der Waals surface area contributed by atoms with E-state index < -0.39 is 0 Å². The first-order valence-corrected chi connectivity index (χ1v) is 6.08. The molecule has 0 bridgehead atoms. The minimum Gasteiger partial charge on any atom is -0.340 e. The highest BCUT2D eigenvalue weighted by Crippen LogP contribution is 2.31. The van der Waals surface area contributed by atoms with Crippen molar-refractivity contribution in [3.8, 4) is 0 Å². The number of fused-ring (bicyclic) bond motifs is 1. The number of rotatable bonds is 2. The predicted octanol–water partition coefficient (Wildman–Crippen LogP) is 4.63. The van der Waals surface area contributed by atoms with Crippen LogP contribution in [0.15, 0.2) is 60.8 Å². The third-order valence-corrected chi connectivity index (χ3v) is 3.10. The molecule has 0 saturated carbocycles. The first kappa shape index (κ1) is 11.1. The predicted molar refractivity (Wildman–Crippen MR) is 76.5 cm³/mol. The van der Waals surface area contributed by atoms with Crippen LogP contribution in [0.25, 0.3) is 10.8 Å². The lowest BCUT2D eigenvalue weighted by molar-refractivity contribution is 1.31. The fourth-order valence-corrected chi connectivity index (χ4v) is 2.26. The Bertz CT molecular complexity index is 675. The fourth-order valence-electron chi connectivity index (χ4n) is 1.97. The largest absolute Gasteiger partial charge is 0.340 e. The van der Waals surface area contributed by atoms with E-state index in [2.05, 4.69) is 10.3 Å². The van der Waals surface area contributed by atoms with Crippen molar-refractivity contribution in [1.29, 1.82) is 0 Å². The molecule has 0 aliphatic carbocycles. The molecule has 0 amide bonds. The summed E-state index contributed by atoms with van der Waals surface area (Å²) in [4.78, 5) is 4.26. The molecule has 1 heterocycles. The highest BCUT2D eigenvalue weighted by molar-refractivity contribution is 6.36. The van der Waals surface area contributed by atoms with Gasteiger partial charge in [0.1, 0.15) is 5.82 Å². The molecule has 0 aliphatic rings. The molecule has 3 rings (SSSR count). The van der Waals surface area contributed by atoms with Gasteiger partial charge in [-0.15, -0.1) is 0 Å². The zero-order valence-corrected chi connectivity index (χ0v) is 10.4. The zero-order valence-electron chi connectivity index (χ0n) is 9.60. The van der Waals surface area contributed by atoms with Gasteiger partial charge in [-0.2, -0.15) is 0 Å². The number of halogens is 1. The van der Waals surface area contributed by atoms with Crippen LogP contribution in [-0.2, 0) is 0 Å². The van der Waals surface area contributed by atoms with Crippen LogP contribution < -0.4 is 5.32 Å². The topological polar surface area (TPSA) is 24.9 Å². The van der Waals surface area contributed by atoms with E-state index in [1.54, 1.807) is 6.20 Å². The standard InChI is InChI=1S/C15H11ClN2/c16-12-7-3-5-11-6-4-8-13(15(11)12)18-14-9-1-2-10-17-14/h1-10H,(H,17,18). The van der Waals surface area contributed by atoms with E-state index in [1.165, 1.54) is 0 Å². The highest BCUT2D eigenvalue weighted by Gasteiger charge is 2.05. The van der Waals surface area contributed by atoms with E-state index in [1.807, 2.05) is 54.6 Å². The normalized spacial score (nSPS) is 10.5. The van der Waals surface area contributed by atoms with Gasteiger partial charge in [-0.25, -0.2) is 4.98 Å². The first-order chi connectivity index (χ1) is 8.84. The molecule has 1 N–H and O–H groups in total. The van der Waals surface area contributed by atoms with Gasteiger partial charge in [0.25, 0.3) is 0 Å². The SMILES string of the molecule is Clc1cccc2cccc(Nc3ccccn3)c12. The number of pyridine rings is 1. The molecule has 3 heteroatoms. The lowest BCUT2D eigenvalue weighted by atomic mass is 10.1. The molecular formula is C15H11ClN2. The summed E-state index contributed by atoms with van der Waals surface area (Å²) in [6, 6.07) is 17.7. The molecule has 2 nitrogen and oxygen atoms in total. The smallest absolute Gasteiger partial charge is 0.130 e. The second kappa shape index (κ2) is 4.67. The summed E-state index contributed by atoms with van der Waals surface area (Å²) in [5, 5.41) is 6.17. The molecule has 0 fully saturated rings. The van der Waals surface area contributed by atoms with Gasteiger partial charge in [0, 0.05) is 17.3 Å². The lowest BCUT2D eigenvalue weighted by Gasteiger charge is -2.10. The Hall–Kier alpha value is -2.06. The van der Waals surface area contributed by atoms with Crippen molar-refractivity contribution in [2.45, 2.75) is 0 Å². The van der Waals surface area contributed by atoms with Gasteiger partial charge in [-0.3, -0.25) is 0 Å². The molecule has 2 aromatic carbocycles. The minimum absolute atomic E-state index is 0.742. The summed E-state index contributed by atoms with van der Waals surface area (Å²) < 4.78 is 0. The fraction of sp³-hybridized carbons (Fsp3) is 0. The molecule has 3 aromatic rings. The Balaban J connectivity index is 2.12. The number of nitrogens with zero attached hydrogens (tertiary/aromatic N) is 1. The Morgan fingerprint density at radius 2 is 1.72 bits per heavy atom. The Morgan fingerprint density at radius 1 is 0.889 bits per heavy atom. The number of benzene rings is 2. The third kappa shape index (κ3) is 2.03. The summed E-state index contributed by atoms with van der Waals surface area (Å²) in [6.07, 6.45) is 1.76. The summed E-state index contributed by atoms with van der Waals surface area (Å²) >= 11 is 6.27. The summed E-state index contributed by atoms with van der Waals surface area (Å²) in [6.45, 7) is 0. The van der Waals surface area contributed by atoms with Crippen LogP contribution >= 0.6 is 11.6 Å². The first-order valence-electron chi connectivity index (χ1n) is 5.70. The van der Waals surface area contributed by atoms with Crippen molar-refractivity contribution >= 4 is 33.9 Å². The average molecular weight is 255 g/mol. The van der Waals surface area contributed by atoms with Crippen molar-refractivity contribution in [2.24, 2.45) is 0 Å². The van der Waals surface area contributed by atoms with Crippen LogP contribution in [0.4, 0.5) is 11.5 Å². The van der Waals surface area contributed by atoms with Crippen LogP contribution in [0.5, 0.6) is 0 Å². The number of anilines is 2. The van der Waals surface area contributed by atoms with E-state index in [0.717, 1.165) is 27.3 Å². The second-order valence-corrected chi connectivity index (χ2v) is 4.39. The van der Waals surface area contributed by atoms with Crippen molar-refractivity contribution in [3.05, 3.63) is 65.8 Å². The third-order valence-electron chi connectivity index (χ3n) is 2.78. The van der Waals surface area contributed by atoms with E-state index in [0.29, 0.717) is 0 Å². The quantitative estimate of drug-likeness (QED) is 0.721. The monoisotopic (exact) mass is 254 g/mol.